The number of hydrogen-bond donors (Lipinski definition) is 4. The van der Waals surface area contributed by atoms with Crippen molar-refractivity contribution in [3.63, 3.8) is 0 Å². The molecule has 2 aromatic rings. The maximum atomic E-state index is 12.8. The van der Waals surface area contributed by atoms with Gasteiger partial charge < -0.3 is 28.7 Å². The normalized spacial score (nSPS) is 25.0. The summed E-state index contributed by atoms with van der Waals surface area (Å²) in [6.07, 6.45) is 2.71. The molecule has 1 aliphatic heterocycles. The van der Waals surface area contributed by atoms with Crippen molar-refractivity contribution in [3.05, 3.63) is 63.4 Å². The summed E-state index contributed by atoms with van der Waals surface area (Å²) in [6.45, 7) is 1.39. The topological polar surface area (TPSA) is 161 Å². The SMILES string of the molecule is C#C[C@@]1(O)[C@H](O)[C@@H](COP(=S)(NC(CCC)C(=O)OC(C)C)Oc2ccccc2)O[C@H]1n1ccc(=O)[nH]c1=O. The molecule has 0 radical (unpaired) electrons. The largest absolute Gasteiger partial charge is 0.462 e. The van der Waals surface area contributed by atoms with E-state index in [4.69, 9.17) is 36.8 Å². The number of benzene rings is 1. The summed E-state index contributed by atoms with van der Waals surface area (Å²) in [5.41, 5.74) is -3.92. The van der Waals surface area contributed by atoms with Gasteiger partial charge in [-0.1, -0.05) is 37.5 Å². The number of carbonyl (C=O) groups is 1. The molecule has 212 valence electrons. The van der Waals surface area contributed by atoms with E-state index in [1.165, 1.54) is 0 Å². The lowest BCUT2D eigenvalue weighted by Gasteiger charge is -2.29. The minimum atomic E-state index is -3.52. The first kappa shape index (κ1) is 30.7. The van der Waals surface area contributed by atoms with Crippen LogP contribution in [0.5, 0.6) is 5.75 Å². The van der Waals surface area contributed by atoms with E-state index in [0.717, 1.165) is 16.8 Å². The maximum absolute atomic E-state index is 12.8. The van der Waals surface area contributed by atoms with Gasteiger partial charge in [-0.15, -0.1) is 6.42 Å². The third kappa shape index (κ3) is 7.43. The van der Waals surface area contributed by atoms with Crippen molar-refractivity contribution in [1.82, 2.24) is 14.6 Å². The highest BCUT2D eigenvalue weighted by Gasteiger charge is 2.56. The van der Waals surface area contributed by atoms with Gasteiger partial charge in [0.25, 0.3) is 5.56 Å². The molecule has 39 heavy (non-hydrogen) atoms. The van der Waals surface area contributed by atoms with Crippen LogP contribution in [0.25, 0.3) is 0 Å². The number of aromatic nitrogens is 2. The highest BCUT2D eigenvalue weighted by molar-refractivity contribution is 8.09. The molecule has 1 saturated heterocycles. The highest BCUT2D eigenvalue weighted by Crippen LogP contribution is 2.47. The molecular weight excluding hydrogens is 549 g/mol. The minimum absolute atomic E-state index is 0.357. The molecule has 4 N–H and O–H groups in total. The fraction of sp³-hybridized carbons (Fsp3) is 0.480. The van der Waals surface area contributed by atoms with Gasteiger partial charge in [-0.25, -0.2) is 9.88 Å². The van der Waals surface area contributed by atoms with E-state index in [-0.39, 0.29) is 6.10 Å². The van der Waals surface area contributed by atoms with Crippen LogP contribution in [-0.2, 0) is 30.6 Å². The first-order valence-electron chi connectivity index (χ1n) is 12.2. The number of esters is 1. The Hall–Kier alpha value is -2.82. The predicted octanol–water partition coefficient (Wildman–Crippen LogP) is 1.19. The van der Waals surface area contributed by atoms with Crippen molar-refractivity contribution in [3.8, 4) is 18.1 Å². The number of terminal acetylenes is 1. The molecule has 0 spiro atoms. The van der Waals surface area contributed by atoms with Gasteiger partial charge in [-0.05, 0) is 44.2 Å². The molecule has 1 aromatic heterocycles. The van der Waals surface area contributed by atoms with E-state index in [0.29, 0.717) is 18.6 Å². The molecule has 6 atom stereocenters. The Labute approximate surface area is 230 Å². The highest BCUT2D eigenvalue weighted by atomic mass is 32.5. The van der Waals surface area contributed by atoms with Crippen LogP contribution >= 0.6 is 6.64 Å². The number of aliphatic hydroxyl groups excluding tert-OH is 1. The average Bonchev–Trinajstić information content (AvgIpc) is 3.13. The maximum Gasteiger partial charge on any atom is 0.330 e. The molecule has 3 rings (SSSR count). The quantitative estimate of drug-likeness (QED) is 0.162. The van der Waals surface area contributed by atoms with E-state index < -0.39 is 60.5 Å². The van der Waals surface area contributed by atoms with E-state index in [9.17, 15) is 24.6 Å². The van der Waals surface area contributed by atoms with Crippen LogP contribution in [0.1, 0.15) is 39.8 Å². The van der Waals surface area contributed by atoms with Crippen molar-refractivity contribution < 1.29 is 33.5 Å². The molecule has 0 bridgehead atoms. The third-order valence-corrected chi connectivity index (χ3v) is 8.15. The zero-order chi connectivity index (χ0) is 28.8. The molecule has 14 heteroatoms. The number of rotatable bonds is 12. The van der Waals surface area contributed by atoms with Gasteiger partial charge in [0.15, 0.2) is 11.8 Å². The van der Waals surface area contributed by atoms with Gasteiger partial charge in [-0.2, -0.15) is 0 Å². The van der Waals surface area contributed by atoms with Crippen LogP contribution in [0.15, 0.2) is 52.2 Å². The summed E-state index contributed by atoms with van der Waals surface area (Å²) in [7, 11) is 0. The lowest BCUT2D eigenvalue weighted by molar-refractivity contribution is -0.149. The lowest BCUT2D eigenvalue weighted by atomic mass is 9.95. The van der Waals surface area contributed by atoms with Crippen LogP contribution in [0, 0.1) is 12.3 Å². The Morgan fingerprint density at radius 2 is 2.03 bits per heavy atom. The van der Waals surface area contributed by atoms with E-state index in [2.05, 4.69) is 11.0 Å². The number of ether oxygens (including phenoxy) is 2. The van der Waals surface area contributed by atoms with Crippen LogP contribution in [0.4, 0.5) is 0 Å². The Bertz CT molecular complexity index is 1340. The Morgan fingerprint density at radius 3 is 2.62 bits per heavy atom. The molecule has 0 aliphatic carbocycles. The third-order valence-electron chi connectivity index (χ3n) is 5.72. The zero-order valence-electron chi connectivity index (χ0n) is 21.7. The number of aromatic amines is 1. The van der Waals surface area contributed by atoms with Crippen molar-refractivity contribution >= 4 is 24.4 Å². The van der Waals surface area contributed by atoms with Crippen LogP contribution in [-0.4, -0.2) is 62.3 Å². The first-order chi connectivity index (χ1) is 18.4. The van der Waals surface area contributed by atoms with Crippen LogP contribution in [0.2, 0.25) is 0 Å². The Balaban J connectivity index is 1.87. The fourth-order valence-corrected chi connectivity index (χ4v) is 6.22. The van der Waals surface area contributed by atoms with Crippen LogP contribution < -0.4 is 20.9 Å². The summed E-state index contributed by atoms with van der Waals surface area (Å²) in [6, 6.07) is 8.75. The summed E-state index contributed by atoms with van der Waals surface area (Å²) in [4.78, 5) is 38.6. The average molecular weight is 582 g/mol. The predicted molar refractivity (Wildman–Crippen MR) is 145 cm³/mol. The molecule has 0 amide bonds. The minimum Gasteiger partial charge on any atom is -0.462 e. The van der Waals surface area contributed by atoms with Crippen molar-refractivity contribution in [2.24, 2.45) is 0 Å². The lowest BCUT2D eigenvalue weighted by Crippen LogP contribution is -2.48. The zero-order valence-corrected chi connectivity index (χ0v) is 23.4. The number of carbonyl (C=O) groups excluding carboxylic acids is 1. The fourth-order valence-electron chi connectivity index (χ4n) is 3.86. The molecule has 2 unspecified atom stereocenters. The van der Waals surface area contributed by atoms with Gasteiger partial charge in [-0.3, -0.25) is 19.1 Å². The molecule has 1 aliphatic rings. The van der Waals surface area contributed by atoms with Gasteiger partial charge in [0, 0.05) is 12.3 Å². The second kappa shape index (κ2) is 13.0. The summed E-state index contributed by atoms with van der Waals surface area (Å²) in [5.74, 6) is 1.91. The van der Waals surface area contributed by atoms with E-state index in [1.54, 1.807) is 44.2 Å². The molecule has 1 fully saturated rings. The molecular formula is C25H32N3O9PS. The van der Waals surface area contributed by atoms with Gasteiger partial charge in [0.1, 0.15) is 24.0 Å². The standard InChI is InChI=1S/C25H32N3O9PS/c1-5-10-18(22(31)35-16(3)4)27-38(39,37-17-11-8-7-9-12-17)34-15-19-21(30)25(33,6-2)23(36-19)28-14-13-20(29)26-24(28)32/h2,7-9,11-14,16,18-19,21,23,30,33H,5,10,15H2,1,3-4H3,(H,27,39)(H,26,29,32)/t18?,19-,21-,23-,25-,38?/m1/s1. The van der Waals surface area contributed by atoms with Crippen molar-refractivity contribution in [2.75, 3.05) is 6.61 Å². The molecule has 1 aromatic carbocycles. The molecule has 12 nitrogen and oxygen atoms in total. The Kier molecular flexibility index (Phi) is 10.3. The van der Waals surface area contributed by atoms with Crippen molar-refractivity contribution in [1.29, 1.82) is 0 Å². The van der Waals surface area contributed by atoms with Crippen LogP contribution in [0.3, 0.4) is 0 Å². The van der Waals surface area contributed by atoms with Gasteiger partial charge >= 0.3 is 18.3 Å². The number of aliphatic hydroxyl groups is 2. The molecule has 2 heterocycles. The van der Waals surface area contributed by atoms with Gasteiger partial charge in [0.05, 0.1) is 12.7 Å². The second-order valence-corrected chi connectivity index (χ2v) is 12.2. The summed E-state index contributed by atoms with van der Waals surface area (Å²) >= 11 is 5.74. The van der Waals surface area contributed by atoms with E-state index >= 15 is 0 Å². The number of nitrogens with one attached hydrogen (secondary N) is 2. The number of nitrogens with zero attached hydrogens (tertiary/aromatic N) is 1. The smallest absolute Gasteiger partial charge is 0.330 e. The first-order valence-corrected chi connectivity index (χ1v) is 14.9. The number of para-hydroxylation sites is 1. The second-order valence-electron chi connectivity index (χ2n) is 9.11. The Morgan fingerprint density at radius 1 is 1.33 bits per heavy atom. The summed E-state index contributed by atoms with van der Waals surface area (Å²) < 4.78 is 23.9. The monoisotopic (exact) mass is 581 g/mol. The van der Waals surface area contributed by atoms with E-state index in [1.807, 2.05) is 11.9 Å². The van der Waals surface area contributed by atoms with Crippen molar-refractivity contribution in [2.45, 2.75) is 69.8 Å². The number of hydrogen-bond acceptors (Lipinski definition) is 10. The van der Waals surface area contributed by atoms with Gasteiger partial charge in [0.2, 0.25) is 0 Å². The number of H-pyrrole nitrogens is 1. The molecule has 0 saturated carbocycles. The summed E-state index contributed by atoms with van der Waals surface area (Å²) in [5, 5.41) is 24.9.